The maximum Gasteiger partial charge on any atom is 0.227 e. The van der Waals surface area contributed by atoms with Crippen LogP contribution in [0.4, 0.5) is 11.9 Å². The van der Waals surface area contributed by atoms with Crippen LogP contribution in [-0.4, -0.2) is 19.9 Å². The Morgan fingerprint density at radius 3 is 2.73 bits per heavy atom. The van der Waals surface area contributed by atoms with E-state index in [2.05, 4.69) is 57.3 Å². The lowest BCUT2D eigenvalue weighted by Crippen LogP contribution is -2.08. The molecule has 22 heavy (non-hydrogen) atoms. The molecule has 6 nitrogen and oxygen atoms in total. The van der Waals surface area contributed by atoms with Crippen LogP contribution in [0.25, 0.3) is 10.9 Å². The Morgan fingerprint density at radius 1 is 1.18 bits per heavy atom. The van der Waals surface area contributed by atoms with E-state index in [1.807, 2.05) is 0 Å². The Labute approximate surface area is 129 Å². The minimum Gasteiger partial charge on any atom is -0.368 e. The van der Waals surface area contributed by atoms with Crippen molar-refractivity contribution in [1.29, 1.82) is 0 Å². The third-order valence-electron chi connectivity index (χ3n) is 3.79. The average Bonchev–Trinajstić information content (AvgIpc) is 2.80. The quantitative estimate of drug-likeness (QED) is 0.688. The first kappa shape index (κ1) is 14.3. The first-order valence-corrected chi connectivity index (χ1v) is 7.39. The smallest absolute Gasteiger partial charge is 0.227 e. The van der Waals surface area contributed by atoms with Crippen molar-refractivity contribution in [3.05, 3.63) is 40.8 Å². The Bertz CT molecular complexity index is 801. The average molecular weight is 296 g/mol. The number of hydrogen-bond acceptors (Lipinski definition) is 5. The minimum absolute atomic E-state index is 0.236. The summed E-state index contributed by atoms with van der Waals surface area (Å²) in [6.07, 6.45) is 1.01. The van der Waals surface area contributed by atoms with Gasteiger partial charge in [-0.2, -0.15) is 15.0 Å². The Morgan fingerprint density at radius 2 is 2.00 bits per heavy atom. The lowest BCUT2D eigenvalue weighted by Gasteiger charge is -2.06. The van der Waals surface area contributed by atoms with Gasteiger partial charge < -0.3 is 16.0 Å². The second-order valence-corrected chi connectivity index (χ2v) is 5.38. The van der Waals surface area contributed by atoms with Gasteiger partial charge in [0.05, 0.1) is 0 Å². The molecule has 0 bridgehead atoms. The van der Waals surface area contributed by atoms with Crippen molar-refractivity contribution in [3.8, 4) is 0 Å². The fraction of sp³-hybridized carbons (Fsp3) is 0.312. The number of nitrogens with one attached hydrogen (secondary N) is 2. The summed E-state index contributed by atoms with van der Waals surface area (Å²) in [7, 11) is 0. The summed E-state index contributed by atoms with van der Waals surface area (Å²) < 4.78 is 0. The number of fused-ring (bicyclic) bond motifs is 1. The van der Waals surface area contributed by atoms with Gasteiger partial charge in [-0.25, -0.2) is 0 Å². The number of hydrogen-bond donors (Lipinski definition) is 3. The summed E-state index contributed by atoms with van der Waals surface area (Å²) in [5.74, 6) is 1.35. The maximum absolute atomic E-state index is 5.63. The molecule has 2 heterocycles. The molecule has 4 N–H and O–H groups in total. The predicted octanol–water partition coefficient (Wildman–Crippen LogP) is 2.73. The van der Waals surface area contributed by atoms with Crippen LogP contribution in [0.2, 0.25) is 0 Å². The number of nitrogens with two attached hydrogens (primary N) is 1. The first-order valence-electron chi connectivity index (χ1n) is 7.39. The number of H-pyrrole nitrogens is 1. The number of aryl methyl sites for hydroxylation is 3. The molecule has 3 rings (SSSR count). The third-order valence-corrected chi connectivity index (χ3v) is 3.79. The molecule has 0 aliphatic carbocycles. The maximum atomic E-state index is 5.63. The molecule has 0 unspecified atom stereocenters. The highest BCUT2D eigenvalue weighted by molar-refractivity contribution is 5.85. The lowest BCUT2D eigenvalue weighted by atomic mass is 10.1. The van der Waals surface area contributed by atoms with Gasteiger partial charge in [-0.15, -0.1) is 0 Å². The van der Waals surface area contributed by atoms with Gasteiger partial charge in [-0.3, -0.25) is 0 Å². The predicted molar refractivity (Wildman–Crippen MR) is 88.7 cm³/mol. The summed E-state index contributed by atoms with van der Waals surface area (Å²) in [4.78, 5) is 15.7. The first-order chi connectivity index (χ1) is 10.6. The van der Waals surface area contributed by atoms with E-state index in [4.69, 9.17) is 5.73 Å². The van der Waals surface area contributed by atoms with Gasteiger partial charge in [-0.05, 0) is 43.5 Å². The van der Waals surface area contributed by atoms with E-state index >= 15 is 0 Å². The van der Waals surface area contributed by atoms with Crippen LogP contribution in [0.3, 0.4) is 0 Å². The summed E-state index contributed by atoms with van der Waals surface area (Å²) >= 11 is 0. The van der Waals surface area contributed by atoms with E-state index in [-0.39, 0.29) is 5.95 Å². The van der Waals surface area contributed by atoms with Crippen LogP contribution in [0.5, 0.6) is 0 Å². The Hall–Kier alpha value is -2.63. The standard InChI is InChI=1S/C16H20N6/c1-4-13-9(2)12-7-11(5-6-14(12)21-13)8-18-16-20-10(3)19-15(17)22-16/h5-7,21H,4,8H2,1-3H3,(H3,17,18,19,20,22). The van der Waals surface area contributed by atoms with Gasteiger partial charge in [-0.1, -0.05) is 13.0 Å². The summed E-state index contributed by atoms with van der Waals surface area (Å²) in [5, 5.41) is 4.46. The minimum atomic E-state index is 0.236. The Balaban J connectivity index is 1.83. The summed E-state index contributed by atoms with van der Waals surface area (Å²) in [6.45, 7) is 6.76. The number of nitrogen functional groups attached to an aromatic ring is 1. The second-order valence-electron chi connectivity index (χ2n) is 5.38. The lowest BCUT2D eigenvalue weighted by molar-refractivity contribution is 0.964. The topological polar surface area (TPSA) is 92.5 Å². The van der Waals surface area contributed by atoms with Gasteiger partial charge in [0, 0.05) is 23.1 Å². The molecule has 0 spiro atoms. The molecule has 0 saturated heterocycles. The molecular weight excluding hydrogens is 276 g/mol. The summed E-state index contributed by atoms with van der Waals surface area (Å²) in [5.41, 5.74) is 10.6. The van der Waals surface area contributed by atoms with Gasteiger partial charge in [0.2, 0.25) is 11.9 Å². The van der Waals surface area contributed by atoms with Crippen molar-refractivity contribution in [2.75, 3.05) is 11.1 Å². The molecule has 0 amide bonds. The number of aromatic nitrogens is 4. The van der Waals surface area contributed by atoms with Crippen molar-refractivity contribution >= 4 is 22.8 Å². The molecule has 1 aromatic carbocycles. The number of benzene rings is 1. The van der Waals surface area contributed by atoms with Gasteiger partial charge in [0.1, 0.15) is 5.82 Å². The van der Waals surface area contributed by atoms with E-state index in [0.717, 1.165) is 6.42 Å². The highest BCUT2D eigenvalue weighted by atomic mass is 15.2. The molecule has 2 aromatic heterocycles. The van der Waals surface area contributed by atoms with Gasteiger partial charge >= 0.3 is 0 Å². The van der Waals surface area contributed by atoms with Gasteiger partial charge in [0.15, 0.2) is 0 Å². The molecule has 0 atom stereocenters. The number of nitrogens with zero attached hydrogens (tertiary/aromatic N) is 3. The van der Waals surface area contributed by atoms with Gasteiger partial charge in [0.25, 0.3) is 0 Å². The number of aromatic amines is 1. The van der Waals surface area contributed by atoms with Crippen LogP contribution in [0.1, 0.15) is 29.6 Å². The van der Waals surface area contributed by atoms with E-state index in [1.165, 1.54) is 27.7 Å². The number of anilines is 2. The molecule has 0 saturated carbocycles. The third kappa shape index (κ3) is 2.72. The molecule has 0 aliphatic heterocycles. The van der Waals surface area contributed by atoms with Crippen molar-refractivity contribution in [2.24, 2.45) is 0 Å². The highest BCUT2D eigenvalue weighted by Gasteiger charge is 2.07. The van der Waals surface area contributed by atoms with Crippen LogP contribution < -0.4 is 11.1 Å². The van der Waals surface area contributed by atoms with Crippen LogP contribution in [0, 0.1) is 13.8 Å². The normalized spacial score (nSPS) is 11.0. The Kier molecular flexibility index (Phi) is 3.66. The highest BCUT2D eigenvalue weighted by Crippen LogP contribution is 2.23. The molecule has 0 radical (unpaired) electrons. The fourth-order valence-electron chi connectivity index (χ4n) is 2.66. The molecule has 114 valence electrons. The van der Waals surface area contributed by atoms with E-state index in [9.17, 15) is 0 Å². The second kappa shape index (κ2) is 5.63. The van der Waals surface area contributed by atoms with Crippen LogP contribution in [0.15, 0.2) is 18.2 Å². The van der Waals surface area contributed by atoms with E-state index in [1.54, 1.807) is 6.92 Å². The molecular formula is C16H20N6. The van der Waals surface area contributed by atoms with Crippen molar-refractivity contribution in [3.63, 3.8) is 0 Å². The van der Waals surface area contributed by atoms with Crippen LogP contribution >= 0.6 is 0 Å². The monoisotopic (exact) mass is 296 g/mol. The van der Waals surface area contributed by atoms with Crippen LogP contribution in [-0.2, 0) is 13.0 Å². The zero-order valence-corrected chi connectivity index (χ0v) is 13.1. The van der Waals surface area contributed by atoms with E-state index < -0.39 is 0 Å². The van der Waals surface area contributed by atoms with E-state index in [0.29, 0.717) is 18.3 Å². The zero-order chi connectivity index (χ0) is 15.7. The van der Waals surface area contributed by atoms with Crippen molar-refractivity contribution < 1.29 is 0 Å². The molecule has 3 aromatic rings. The summed E-state index contributed by atoms with van der Waals surface area (Å²) in [6, 6.07) is 6.42. The zero-order valence-electron chi connectivity index (χ0n) is 13.1. The van der Waals surface area contributed by atoms with Crippen molar-refractivity contribution in [1.82, 2.24) is 19.9 Å². The fourth-order valence-corrected chi connectivity index (χ4v) is 2.66. The largest absolute Gasteiger partial charge is 0.368 e. The van der Waals surface area contributed by atoms with Crippen molar-refractivity contribution in [2.45, 2.75) is 33.7 Å². The number of rotatable bonds is 4. The molecule has 0 fully saturated rings. The molecule has 6 heteroatoms. The SMILES string of the molecule is CCc1[nH]c2ccc(CNc3nc(C)nc(N)n3)cc2c1C. The molecule has 0 aliphatic rings.